The molecule has 1 aromatic heterocycles. The third kappa shape index (κ3) is 3.29. The smallest absolute Gasteiger partial charge is 0.328 e. The van der Waals surface area contributed by atoms with Crippen LogP contribution in [0.4, 0.5) is 0 Å². The fraction of sp³-hybridized carbons (Fsp3) is 0.722. The largest absolute Gasteiger partial charge is 0.378 e. The maximum atomic E-state index is 12.7. The van der Waals surface area contributed by atoms with Crippen molar-refractivity contribution >= 4 is 5.91 Å². The molecule has 2 fully saturated rings. The number of carbonyl (C=O) groups is 1. The second kappa shape index (κ2) is 7.15. The van der Waals surface area contributed by atoms with Crippen molar-refractivity contribution in [3.05, 3.63) is 33.1 Å². The first-order valence-electron chi connectivity index (χ1n) is 9.15. The summed E-state index contributed by atoms with van der Waals surface area (Å²) in [6.07, 6.45) is 8.26. The monoisotopic (exact) mass is 349 g/mol. The Morgan fingerprint density at radius 3 is 2.72 bits per heavy atom. The van der Waals surface area contributed by atoms with Gasteiger partial charge in [0.25, 0.3) is 5.56 Å². The molecule has 1 aromatic rings. The highest BCUT2D eigenvalue weighted by atomic mass is 16.5. The van der Waals surface area contributed by atoms with Crippen LogP contribution in [0.3, 0.4) is 0 Å². The van der Waals surface area contributed by atoms with Crippen LogP contribution in [0.5, 0.6) is 0 Å². The van der Waals surface area contributed by atoms with Gasteiger partial charge in [-0.1, -0.05) is 19.3 Å². The quantitative estimate of drug-likeness (QED) is 0.863. The Bertz CT molecular complexity index is 732. The Morgan fingerprint density at radius 1 is 1.36 bits per heavy atom. The summed E-state index contributed by atoms with van der Waals surface area (Å²) in [5.41, 5.74) is -0.946. The molecule has 1 heterocycles. The van der Waals surface area contributed by atoms with Gasteiger partial charge in [-0.05, 0) is 26.2 Å². The molecule has 0 unspecified atom stereocenters. The number of nitrogens with one attached hydrogen (secondary N) is 1. The molecule has 7 heteroatoms. The Labute approximate surface area is 147 Å². The van der Waals surface area contributed by atoms with Gasteiger partial charge in [-0.2, -0.15) is 0 Å². The van der Waals surface area contributed by atoms with Gasteiger partial charge >= 0.3 is 5.69 Å². The van der Waals surface area contributed by atoms with Gasteiger partial charge in [-0.15, -0.1) is 0 Å². The highest BCUT2D eigenvalue weighted by Gasteiger charge is 2.57. The van der Waals surface area contributed by atoms with E-state index in [4.69, 9.17) is 4.74 Å². The van der Waals surface area contributed by atoms with E-state index in [1.807, 2.05) is 14.0 Å². The number of likely N-dealkylation sites (N-methyl/N-ethyl adjacent to an activating group) is 1. The van der Waals surface area contributed by atoms with Crippen LogP contribution in [-0.2, 0) is 16.1 Å². The fourth-order valence-electron chi connectivity index (χ4n) is 4.57. The van der Waals surface area contributed by atoms with Gasteiger partial charge in [-0.25, -0.2) is 4.79 Å². The lowest BCUT2D eigenvalue weighted by Crippen LogP contribution is -2.66. The van der Waals surface area contributed by atoms with Gasteiger partial charge in [0, 0.05) is 37.4 Å². The maximum absolute atomic E-state index is 12.7. The summed E-state index contributed by atoms with van der Waals surface area (Å²) < 4.78 is 7.19. The number of amides is 1. The van der Waals surface area contributed by atoms with Crippen LogP contribution in [0.15, 0.2) is 21.9 Å². The minimum Gasteiger partial charge on any atom is -0.378 e. The number of ether oxygens (including phenoxy) is 1. The molecule has 0 saturated heterocycles. The highest BCUT2D eigenvalue weighted by molar-refractivity contribution is 5.76. The first kappa shape index (κ1) is 17.9. The number of rotatable bonds is 5. The lowest BCUT2D eigenvalue weighted by Gasteiger charge is -2.60. The molecule has 3 rings (SSSR count). The molecule has 0 aliphatic heterocycles. The van der Waals surface area contributed by atoms with Crippen molar-refractivity contribution < 1.29 is 9.53 Å². The average molecular weight is 349 g/mol. The first-order valence-corrected chi connectivity index (χ1v) is 9.15. The van der Waals surface area contributed by atoms with E-state index in [0.29, 0.717) is 6.61 Å². The molecule has 2 saturated carbocycles. The highest BCUT2D eigenvalue weighted by Crippen LogP contribution is 2.55. The maximum Gasteiger partial charge on any atom is 0.328 e. The molecule has 0 bridgehead atoms. The van der Waals surface area contributed by atoms with Crippen LogP contribution >= 0.6 is 0 Å². The summed E-state index contributed by atoms with van der Waals surface area (Å²) in [4.78, 5) is 39.6. The van der Waals surface area contributed by atoms with Crippen molar-refractivity contribution in [1.29, 1.82) is 0 Å². The number of aromatic amines is 1. The summed E-state index contributed by atoms with van der Waals surface area (Å²) in [6.45, 7) is 2.66. The van der Waals surface area contributed by atoms with E-state index in [0.717, 1.165) is 19.3 Å². The summed E-state index contributed by atoms with van der Waals surface area (Å²) in [5, 5.41) is 0. The number of hydrogen-bond acceptors (Lipinski definition) is 4. The minimum atomic E-state index is -0.553. The SMILES string of the molecule is CCO[C@@H]1C[C@H](N(C)C(=O)Cn2ccc(=O)[nH]c2=O)C12CCCCC2. The van der Waals surface area contributed by atoms with Crippen LogP contribution in [0, 0.1) is 5.41 Å². The molecule has 1 N–H and O–H groups in total. The number of carbonyl (C=O) groups excluding carboxylic acids is 1. The summed E-state index contributed by atoms with van der Waals surface area (Å²) >= 11 is 0. The van der Waals surface area contributed by atoms with Crippen molar-refractivity contribution in [2.24, 2.45) is 5.41 Å². The van der Waals surface area contributed by atoms with Gasteiger partial charge in [0.05, 0.1) is 6.10 Å². The van der Waals surface area contributed by atoms with E-state index < -0.39 is 11.2 Å². The Balaban J connectivity index is 1.73. The fourth-order valence-corrected chi connectivity index (χ4v) is 4.57. The summed E-state index contributed by atoms with van der Waals surface area (Å²) in [7, 11) is 1.82. The zero-order valence-corrected chi connectivity index (χ0v) is 15.0. The average Bonchev–Trinajstić information content (AvgIpc) is 2.60. The molecule has 2 atom stereocenters. The third-order valence-electron chi connectivity index (χ3n) is 5.96. The zero-order chi connectivity index (χ0) is 18.0. The molecule has 25 heavy (non-hydrogen) atoms. The van der Waals surface area contributed by atoms with Crippen molar-refractivity contribution in [2.75, 3.05) is 13.7 Å². The first-order chi connectivity index (χ1) is 12.0. The van der Waals surface area contributed by atoms with Crippen molar-refractivity contribution in [3.63, 3.8) is 0 Å². The van der Waals surface area contributed by atoms with Gasteiger partial charge in [0.15, 0.2) is 0 Å². The number of nitrogens with zero attached hydrogens (tertiary/aromatic N) is 2. The van der Waals surface area contributed by atoms with E-state index >= 15 is 0 Å². The van der Waals surface area contributed by atoms with Gasteiger partial charge in [-0.3, -0.25) is 19.1 Å². The summed E-state index contributed by atoms with van der Waals surface area (Å²) in [6, 6.07) is 1.42. The topological polar surface area (TPSA) is 84.4 Å². The molecule has 0 radical (unpaired) electrons. The van der Waals surface area contributed by atoms with E-state index in [1.165, 1.54) is 36.1 Å². The number of aromatic nitrogens is 2. The second-order valence-corrected chi connectivity index (χ2v) is 7.23. The third-order valence-corrected chi connectivity index (χ3v) is 5.96. The zero-order valence-electron chi connectivity index (χ0n) is 15.0. The Hall–Kier alpha value is -1.89. The van der Waals surface area contributed by atoms with Crippen molar-refractivity contribution in [3.8, 4) is 0 Å². The van der Waals surface area contributed by atoms with Crippen LogP contribution in [0.2, 0.25) is 0 Å². The minimum absolute atomic E-state index is 0.0575. The van der Waals surface area contributed by atoms with E-state index in [-0.39, 0.29) is 30.0 Å². The predicted octanol–water partition coefficient (Wildman–Crippen LogP) is 1.12. The Morgan fingerprint density at radius 2 is 2.08 bits per heavy atom. The molecule has 1 spiro atoms. The van der Waals surface area contributed by atoms with Crippen LogP contribution in [0.1, 0.15) is 45.4 Å². The lowest BCUT2D eigenvalue weighted by molar-refractivity contribution is -0.185. The van der Waals surface area contributed by atoms with Crippen LogP contribution < -0.4 is 11.2 Å². The Kier molecular flexibility index (Phi) is 5.13. The molecular formula is C18H27N3O4. The predicted molar refractivity (Wildman–Crippen MR) is 93.4 cm³/mol. The molecule has 2 aliphatic rings. The molecular weight excluding hydrogens is 322 g/mol. The van der Waals surface area contributed by atoms with Crippen LogP contribution in [0.25, 0.3) is 0 Å². The second-order valence-electron chi connectivity index (χ2n) is 7.23. The van der Waals surface area contributed by atoms with Gasteiger partial charge < -0.3 is 9.64 Å². The molecule has 2 aliphatic carbocycles. The molecule has 138 valence electrons. The molecule has 1 amide bonds. The van der Waals surface area contributed by atoms with Gasteiger partial charge in [0.1, 0.15) is 6.54 Å². The van der Waals surface area contributed by atoms with E-state index in [1.54, 1.807) is 4.90 Å². The van der Waals surface area contributed by atoms with E-state index in [2.05, 4.69) is 4.98 Å². The summed E-state index contributed by atoms with van der Waals surface area (Å²) in [5.74, 6) is -0.112. The van der Waals surface area contributed by atoms with Crippen LogP contribution in [-0.4, -0.2) is 46.2 Å². The van der Waals surface area contributed by atoms with Crippen molar-refractivity contribution in [2.45, 2.75) is 64.1 Å². The van der Waals surface area contributed by atoms with E-state index in [9.17, 15) is 14.4 Å². The van der Waals surface area contributed by atoms with Crippen molar-refractivity contribution in [1.82, 2.24) is 14.5 Å². The lowest BCUT2D eigenvalue weighted by atomic mass is 9.54. The molecule has 7 nitrogen and oxygen atoms in total. The normalized spacial score (nSPS) is 24.7. The molecule has 0 aromatic carbocycles. The number of hydrogen-bond donors (Lipinski definition) is 1. The standard InChI is InChI=1S/C18H27N3O4/c1-3-25-14-11-13(18(14)8-5-4-6-9-18)20(2)16(23)12-21-10-7-15(22)19-17(21)24/h7,10,13-14H,3-6,8-9,11-12H2,1-2H3,(H,19,22,24)/t13-,14+/m0/s1. The number of H-pyrrole nitrogens is 1. The van der Waals surface area contributed by atoms with Gasteiger partial charge in [0.2, 0.25) is 5.91 Å².